The predicted molar refractivity (Wildman–Crippen MR) is 72.9 cm³/mol. The largest absolute Gasteiger partial charge is 0.357 e. The van der Waals surface area contributed by atoms with Crippen LogP contribution in [0.5, 0.6) is 0 Å². The average molecular weight is 268 g/mol. The average Bonchev–Trinajstić information content (AvgIpc) is 2.67. The summed E-state index contributed by atoms with van der Waals surface area (Å²) in [5, 5.41) is 14.0. The minimum atomic E-state index is 0.323. The van der Waals surface area contributed by atoms with Gasteiger partial charge in [0.2, 0.25) is 5.13 Å². The molecule has 2 rings (SSSR count). The molecule has 0 aliphatic carbocycles. The van der Waals surface area contributed by atoms with Crippen LogP contribution < -0.4 is 5.32 Å². The molecule has 2 aromatic rings. The fourth-order valence-electron chi connectivity index (χ4n) is 1.59. The van der Waals surface area contributed by atoms with E-state index in [1.54, 1.807) is 11.3 Å². The molecule has 0 saturated heterocycles. The molecule has 1 N–H and O–H groups in total. The number of nitrogens with one attached hydrogen (secondary N) is 1. The van der Waals surface area contributed by atoms with E-state index >= 15 is 0 Å². The summed E-state index contributed by atoms with van der Waals surface area (Å²) >= 11 is 7.42. The Bertz CT molecular complexity index is 481. The van der Waals surface area contributed by atoms with Crippen molar-refractivity contribution in [3.8, 4) is 0 Å². The highest BCUT2D eigenvalue weighted by Crippen LogP contribution is 2.17. The number of nitrogens with zero attached hydrogens (tertiary/aromatic N) is 2. The molecule has 0 amide bonds. The molecular weight excluding hydrogens is 254 g/mol. The maximum Gasteiger partial charge on any atom is 0.205 e. The fraction of sp³-hybridized carbons (Fsp3) is 0.333. The van der Waals surface area contributed by atoms with Crippen molar-refractivity contribution in [2.75, 3.05) is 5.32 Å². The van der Waals surface area contributed by atoms with E-state index in [1.165, 1.54) is 5.56 Å². The summed E-state index contributed by atoms with van der Waals surface area (Å²) in [6.07, 6.45) is 0.940. The summed E-state index contributed by atoms with van der Waals surface area (Å²) in [6, 6.07) is 8.25. The van der Waals surface area contributed by atoms with E-state index in [-0.39, 0.29) is 0 Å². The standard InChI is InChI=1S/C12H14ClN3S/c1-8(14-12-16-15-9(2)17-12)7-10-3-5-11(13)6-4-10/h3-6,8H,7H2,1-2H3,(H,14,16). The second-order valence-corrected chi connectivity index (χ2v) is 5.62. The summed E-state index contributed by atoms with van der Waals surface area (Å²) in [5.41, 5.74) is 1.26. The summed E-state index contributed by atoms with van der Waals surface area (Å²) in [7, 11) is 0. The highest BCUT2D eigenvalue weighted by Gasteiger charge is 2.06. The van der Waals surface area contributed by atoms with Gasteiger partial charge in [0.25, 0.3) is 0 Å². The van der Waals surface area contributed by atoms with Crippen LogP contribution in [0.2, 0.25) is 5.02 Å². The Kier molecular flexibility index (Phi) is 3.97. The van der Waals surface area contributed by atoms with Crippen LogP contribution in [0.1, 0.15) is 17.5 Å². The molecule has 1 atom stereocenters. The number of benzene rings is 1. The zero-order valence-corrected chi connectivity index (χ0v) is 11.3. The van der Waals surface area contributed by atoms with Crippen molar-refractivity contribution in [2.45, 2.75) is 26.3 Å². The van der Waals surface area contributed by atoms with Crippen molar-refractivity contribution in [3.63, 3.8) is 0 Å². The summed E-state index contributed by atoms with van der Waals surface area (Å²) in [4.78, 5) is 0. The van der Waals surface area contributed by atoms with Crippen LogP contribution in [0, 0.1) is 6.92 Å². The first-order valence-electron chi connectivity index (χ1n) is 5.44. The number of hydrogen-bond acceptors (Lipinski definition) is 4. The Balaban J connectivity index is 1.93. The van der Waals surface area contributed by atoms with Crippen LogP contribution in [0.3, 0.4) is 0 Å². The number of aromatic nitrogens is 2. The fourth-order valence-corrected chi connectivity index (χ4v) is 2.42. The highest BCUT2D eigenvalue weighted by molar-refractivity contribution is 7.15. The minimum absolute atomic E-state index is 0.323. The third-order valence-corrected chi connectivity index (χ3v) is 3.37. The van der Waals surface area contributed by atoms with E-state index in [4.69, 9.17) is 11.6 Å². The topological polar surface area (TPSA) is 37.8 Å². The van der Waals surface area contributed by atoms with E-state index in [1.807, 2.05) is 31.2 Å². The van der Waals surface area contributed by atoms with Gasteiger partial charge in [0.05, 0.1) is 0 Å². The molecule has 1 aromatic heterocycles. The quantitative estimate of drug-likeness (QED) is 0.921. The molecule has 3 nitrogen and oxygen atoms in total. The second-order valence-electron chi connectivity index (χ2n) is 4.00. The van der Waals surface area contributed by atoms with Crippen molar-refractivity contribution < 1.29 is 0 Å². The van der Waals surface area contributed by atoms with Crippen molar-refractivity contribution >= 4 is 28.1 Å². The molecular formula is C12H14ClN3S. The van der Waals surface area contributed by atoms with Crippen LogP contribution in [0.4, 0.5) is 5.13 Å². The number of aryl methyl sites for hydroxylation is 1. The van der Waals surface area contributed by atoms with Gasteiger partial charge in [-0.25, -0.2) is 0 Å². The number of anilines is 1. The Hall–Kier alpha value is -1.13. The normalized spacial score (nSPS) is 12.4. The van der Waals surface area contributed by atoms with Gasteiger partial charge in [-0.3, -0.25) is 0 Å². The first-order chi connectivity index (χ1) is 8.13. The first-order valence-corrected chi connectivity index (χ1v) is 6.64. The summed E-state index contributed by atoms with van der Waals surface area (Å²) < 4.78 is 0. The predicted octanol–water partition coefficient (Wildman–Crippen LogP) is 3.54. The SMILES string of the molecule is Cc1nnc(NC(C)Cc2ccc(Cl)cc2)s1. The minimum Gasteiger partial charge on any atom is -0.357 e. The molecule has 0 spiro atoms. The zero-order chi connectivity index (χ0) is 12.3. The second kappa shape index (κ2) is 5.47. The molecule has 0 radical (unpaired) electrons. The number of halogens is 1. The van der Waals surface area contributed by atoms with Gasteiger partial charge in [-0.2, -0.15) is 0 Å². The van der Waals surface area contributed by atoms with Crippen molar-refractivity contribution in [1.29, 1.82) is 0 Å². The van der Waals surface area contributed by atoms with Gasteiger partial charge >= 0.3 is 0 Å². The molecule has 0 aliphatic rings. The number of rotatable bonds is 4. The lowest BCUT2D eigenvalue weighted by atomic mass is 10.1. The van der Waals surface area contributed by atoms with Crippen LogP contribution >= 0.6 is 22.9 Å². The monoisotopic (exact) mass is 267 g/mol. The lowest BCUT2D eigenvalue weighted by Crippen LogP contribution is -2.17. The molecule has 1 aromatic carbocycles. The maximum atomic E-state index is 5.85. The molecule has 90 valence electrons. The van der Waals surface area contributed by atoms with Gasteiger partial charge in [0, 0.05) is 11.1 Å². The Morgan fingerprint density at radius 1 is 1.29 bits per heavy atom. The van der Waals surface area contributed by atoms with Crippen LogP contribution in [0.25, 0.3) is 0 Å². The van der Waals surface area contributed by atoms with Crippen LogP contribution in [0.15, 0.2) is 24.3 Å². The highest BCUT2D eigenvalue weighted by atomic mass is 35.5. The van der Waals surface area contributed by atoms with Gasteiger partial charge in [-0.05, 0) is 38.0 Å². The van der Waals surface area contributed by atoms with Gasteiger partial charge in [0.1, 0.15) is 5.01 Å². The molecule has 17 heavy (non-hydrogen) atoms. The molecule has 0 fully saturated rings. The van der Waals surface area contributed by atoms with Crippen LogP contribution in [-0.2, 0) is 6.42 Å². The molecule has 5 heteroatoms. The van der Waals surface area contributed by atoms with Crippen molar-refractivity contribution in [2.24, 2.45) is 0 Å². The molecule has 0 saturated carbocycles. The van der Waals surface area contributed by atoms with E-state index in [0.717, 1.165) is 21.6 Å². The van der Waals surface area contributed by atoms with E-state index in [9.17, 15) is 0 Å². The third kappa shape index (κ3) is 3.68. The molecule has 0 bridgehead atoms. The smallest absolute Gasteiger partial charge is 0.205 e. The Labute approximate surface area is 110 Å². The van der Waals surface area contributed by atoms with Crippen molar-refractivity contribution in [1.82, 2.24) is 10.2 Å². The van der Waals surface area contributed by atoms with Gasteiger partial charge in [-0.15, -0.1) is 10.2 Å². The molecule has 1 unspecified atom stereocenters. The van der Waals surface area contributed by atoms with Gasteiger partial charge < -0.3 is 5.32 Å². The third-order valence-electron chi connectivity index (χ3n) is 2.35. The van der Waals surface area contributed by atoms with Gasteiger partial charge in [-0.1, -0.05) is 35.1 Å². The lowest BCUT2D eigenvalue weighted by Gasteiger charge is -2.12. The maximum absolute atomic E-state index is 5.85. The first kappa shape index (κ1) is 12.3. The summed E-state index contributed by atoms with van der Waals surface area (Å²) in [5.74, 6) is 0. The number of hydrogen-bond donors (Lipinski definition) is 1. The van der Waals surface area contributed by atoms with E-state index in [2.05, 4.69) is 22.4 Å². The summed E-state index contributed by atoms with van der Waals surface area (Å²) in [6.45, 7) is 4.08. The molecule has 0 aliphatic heterocycles. The van der Waals surface area contributed by atoms with Crippen LogP contribution in [-0.4, -0.2) is 16.2 Å². The van der Waals surface area contributed by atoms with Gasteiger partial charge in [0.15, 0.2) is 0 Å². The Morgan fingerprint density at radius 3 is 2.59 bits per heavy atom. The van der Waals surface area contributed by atoms with Crippen molar-refractivity contribution in [3.05, 3.63) is 39.9 Å². The Morgan fingerprint density at radius 2 is 2.00 bits per heavy atom. The zero-order valence-electron chi connectivity index (χ0n) is 9.77. The lowest BCUT2D eigenvalue weighted by molar-refractivity contribution is 0.785. The molecule has 1 heterocycles. The van der Waals surface area contributed by atoms with E-state index in [0.29, 0.717) is 6.04 Å². The van der Waals surface area contributed by atoms with E-state index < -0.39 is 0 Å².